The molecule has 2 aliphatic rings. The third-order valence-electron chi connectivity index (χ3n) is 5.37. The van der Waals surface area contributed by atoms with Crippen molar-refractivity contribution in [1.82, 2.24) is 14.9 Å². The van der Waals surface area contributed by atoms with Crippen molar-refractivity contribution in [1.29, 1.82) is 0 Å². The van der Waals surface area contributed by atoms with Gasteiger partial charge >= 0.3 is 0 Å². The minimum atomic E-state index is 0.446. The summed E-state index contributed by atoms with van der Waals surface area (Å²) in [5.41, 5.74) is 4.09. The fraction of sp³-hybridized carbons (Fsp3) is 0.524. The number of likely N-dealkylation sites (N-methyl/N-ethyl adjacent to an activating group) is 1. The van der Waals surface area contributed by atoms with E-state index in [1.165, 1.54) is 29.7 Å². The normalized spacial score (nSPS) is 19.5. The van der Waals surface area contributed by atoms with Crippen LogP contribution >= 0.6 is 0 Å². The predicted molar refractivity (Wildman–Crippen MR) is 107 cm³/mol. The Morgan fingerprint density at radius 3 is 2.65 bits per heavy atom. The van der Waals surface area contributed by atoms with Crippen molar-refractivity contribution < 1.29 is 0 Å². The fourth-order valence-electron chi connectivity index (χ4n) is 3.64. The number of hydrogen-bond donors (Lipinski definition) is 1. The molecule has 2 aromatic rings. The molecule has 2 heterocycles. The van der Waals surface area contributed by atoms with Crippen LogP contribution in [0.15, 0.2) is 30.3 Å². The molecule has 1 aromatic heterocycles. The van der Waals surface area contributed by atoms with Crippen molar-refractivity contribution in [2.45, 2.75) is 44.7 Å². The molecular weight excluding hydrogens is 322 g/mol. The van der Waals surface area contributed by atoms with Gasteiger partial charge in [0.15, 0.2) is 0 Å². The molecule has 1 N–H and O–H groups in total. The Balaban J connectivity index is 1.59. The standard InChI is InChI=1S/C21H29N5/c1-15-12-17-6-4-5-7-18(17)14-26(15)20-13-19(16-8-9-16)23-21(24-20)22-10-11-25(2)3/h4-7,13,15-16H,8-12,14H2,1-3H3,(H,22,23,24)/t15-/m0/s1. The Morgan fingerprint density at radius 2 is 1.92 bits per heavy atom. The zero-order valence-corrected chi connectivity index (χ0v) is 16.1. The van der Waals surface area contributed by atoms with Crippen LogP contribution in [0.1, 0.15) is 42.5 Å². The van der Waals surface area contributed by atoms with Crippen LogP contribution in [-0.2, 0) is 13.0 Å². The van der Waals surface area contributed by atoms with E-state index in [0.717, 1.165) is 37.8 Å². The molecule has 1 aromatic carbocycles. The summed E-state index contributed by atoms with van der Waals surface area (Å²) < 4.78 is 0. The molecule has 4 rings (SSSR count). The van der Waals surface area contributed by atoms with Crippen molar-refractivity contribution >= 4 is 11.8 Å². The van der Waals surface area contributed by atoms with Crippen molar-refractivity contribution in [2.24, 2.45) is 0 Å². The van der Waals surface area contributed by atoms with Crippen LogP contribution in [0, 0.1) is 0 Å². The molecule has 0 saturated heterocycles. The van der Waals surface area contributed by atoms with E-state index in [9.17, 15) is 0 Å². The van der Waals surface area contributed by atoms with Crippen LogP contribution in [0.4, 0.5) is 11.8 Å². The second-order valence-electron chi connectivity index (χ2n) is 7.93. The quantitative estimate of drug-likeness (QED) is 0.865. The summed E-state index contributed by atoms with van der Waals surface area (Å²) in [5, 5.41) is 3.42. The van der Waals surface area contributed by atoms with E-state index in [0.29, 0.717) is 12.0 Å². The van der Waals surface area contributed by atoms with E-state index in [1.807, 2.05) is 0 Å². The number of nitrogens with one attached hydrogen (secondary N) is 1. The summed E-state index contributed by atoms with van der Waals surface area (Å²) in [6, 6.07) is 11.4. The Labute approximate surface area is 156 Å². The molecule has 1 fully saturated rings. The average Bonchev–Trinajstić information content (AvgIpc) is 3.46. The molecular formula is C21H29N5. The largest absolute Gasteiger partial charge is 0.353 e. The second kappa shape index (κ2) is 7.23. The van der Waals surface area contributed by atoms with Crippen LogP contribution < -0.4 is 10.2 Å². The first-order valence-corrected chi connectivity index (χ1v) is 9.71. The fourth-order valence-corrected chi connectivity index (χ4v) is 3.64. The van der Waals surface area contributed by atoms with E-state index >= 15 is 0 Å². The van der Waals surface area contributed by atoms with E-state index in [1.54, 1.807) is 0 Å². The number of benzene rings is 1. The molecule has 0 bridgehead atoms. The van der Waals surface area contributed by atoms with Gasteiger partial charge in [-0.3, -0.25) is 0 Å². The third-order valence-corrected chi connectivity index (χ3v) is 5.37. The second-order valence-corrected chi connectivity index (χ2v) is 7.93. The maximum Gasteiger partial charge on any atom is 0.224 e. The van der Waals surface area contributed by atoms with Gasteiger partial charge in [0, 0.05) is 37.7 Å². The van der Waals surface area contributed by atoms with Crippen molar-refractivity contribution in [2.75, 3.05) is 37.4 Å². The SMILES string of the molecule is C[C@H]1Cc2ccccc2CN1c1cc(C2CC2)nc(NCCN(C)C)n1. The first-order valence-electron chi connectivity index (χ1n) is 9.71. The molecule has 5 heteroatoms. The summed E-state index contributed by atoms with van der Waals surface area (Å²) >= 11 is 0. The number of hydrogen-bond acceptors (Lipinski definition) is 5. The highest BCUT2D eigenvalue weighted by atomic mass is 15.3. The molecule has 1 aliphatic carbocycles. The minimum absolute atomic E-state index is 0.446. The topological polar surface area (TPSA) is 44.3 Å². The van der Waals surface area contributed by atoms with Crippen LogP contribution in [0.3, 0.4) is 0 Å². The number of fused-ring (bicyclic) bond motifs is 1. The lowest BCUT2D eigenvalue weighted by molar-refractivity contribution is 0.425. The van der Waals surface area contributed by atoms with Crippen LogP contribution in [0.2, 0.25) is 0 Å². The van der Waals surface area contributed by atoms with Gasteiger partial charge in [-0.25, -0.2) is 4.98 Å². The van der Waals surface area contributed by atoms with Crippen molar-refractivity contribution in [3.05, 3.63) is 47.2 Å². The first-order chi connectivity index (χ1) is 12.6. The van der Waals surface area contributed by atoms with Crippen molar-refractivity contribution in [3.8, 4) is 0 Å². The molecule has 0 spiro atoms. The lowest BCUT2D eigenvalue weighted by Crippen LogP contribution is -2.39. The van der Waals surface area contributed by atoms with Gasteiger partial charge in [0.05, 0.1) is 5.69 Å². The highest BCUT2D eigenvalue weighted by Crippen LogP contribution is 2.40. The molecule has 0 amide bonds. The summed E-state index contributed by atoms with van der Waals surface area (Å²) in [6.45, 7) is 5.06. The van der Waals surface area contributed by atoms with Gasteiger partial charge in [0.2, 0.25) is 5.95 Å². The van der Waals surface area contributed by atoms with E-state index in [-0.39, 0.29) is 0 Å². The van der Waals surface area contributed by atoms with Crippen LogP contribution in [0.25, 0.3) is 0 Å². The molecule has 0 radical (unpaired) electrons. The molecule has 138 valence electrons. The first kappa shape index (κ1) is 17.3. The van der Waals surface area contributed by atoms with Gasteiger partial charge in [-0.15, -0.1) is 0 Å². The van der Waals surface area contributed by atoms with Gasteiger partial charge in [0.25, 0.3) is 0 Å². The van der Waals surface area contributed by atoms with Crippen LogP contribution in [-0.4, -0.2) is 48.1 Å². The Hall–Kier alpha value is -2.14. The van der Waals surface area contributed by atoms with Gasteiger partial charge in [0.1, 0.15) is 5.82 Å². The van der Waals surface area contributed by atoms with E-state index < -0.39 is 0 Å². The highest BCUT2D eigenvalue weighted by molar-refractivity contribution is 5.50. The molecule has 1 atom stereocenters. The molecule has 26 heavy (non-hydrogen) atoms. The molecule has 1 aliphatic heterocycles. The predicted octanol–water partition coefficient (Wildman–Crippen LogP) is 3.28. The molecule has 5 nitrogen and oxygen atoms in total. The van der Waals surface area contributed by atoms with Gasteiger partial charge < -0.3 is 15.1 Å². The average molecular weight is 351 g/mol. The number of nitrogens with zero attached hydrogens (tertiary/aromatic N) is 4. The Kier molecular flexibility index (Phi) is 4.81. The van der Waals surface area contributed by atoms with Gasteiger partial charge in [-0.2, -0.15) is 4.98 Å². The third kappa shape index (κ3) is 3.83. The minimum Gasteiger partial charge on any atom is -0.353 e. The number of rotatable bonds is 6. The monoisotopic (exact) mass is 351 g/mol. The van der Waals surface area contributed by atoms with Gasteiger partial charge in [-0.05, 0) is 51.4 Å². The van der Waals surface area contributed by atoms with E-state index in [4.69, 9.17) is 9.97 Å². The maximum atomic E-state index is 4.87. The zero-order valence-electron chi connectivity index (χ0n) is 16.1. The zero-order chi connectivity index (χ0) is 18.1. The lowest BCUT2D eigenvalue weighted by Gasteiger charge is -2.36. The number of anilines is 2. The van der Waals surface area contributed by atoms with Crippen molar-refractivity contribution in [3.63, 3.8) is 0 Å². The lowest BCUT2D eigenvalue weighted by atomic mass is 9.95. The Morgan fingerprint density at radius 1 is 1.15 bits per heavy atom. The Bertz CT molecular complexity index is 769. The summed E-state index contributed by atoms with van der Waals surface area (Å²) in [4.78, 5) is 14.3. The van der Waals surface area contributed by atoms with E-state index in [2.05, 4.69) is 66.5 Å². The molecule has 1 saturated carbocycles. The summed E-state index contributed by atoms with van der Waals surface area (Å²) in [6.07, 6.45) is 3.58. The highest BCUT2D eigenvalue weighted by Gasteiger charge is 2.29. The summed E-state index contributed by atoms with van der Waals surface area (Å²) in [7, 11) is 4.17. The van der Waals surface area contributed by atoms with Gasteiger partial charge in [-0.1, -0.05) is 24.3 Å². The maximum absolute atomic E-state index is 4.87. The van der Waals surface area contributed by atoms with Crippen LogP contribution in [0.5, 0.6) is 0 Å². The smallest absolute Gasteiger partial charge is 0.224 e. The molecule has 0 unspecified atom stereocenters. The summed E-state index contributed by atoms with van der Waals surface area (Å²) in [5.74, 6) is 2.46. The number of aromatic nitrogens is 2.